The Labute approximate surface area is 200 Å². The molecule has 0 bridgehead atoms. The van der Waals surface area contributed by atoms with Gasteiger partial charge in [-0.1, -0.05) is 49.3 Å². The van der Waals surface area contributed by atoms with Crippen LogP contribution < -0.4 is 0 Å². The van der Waals surface area contributed by atoms with Crippen molar-refractivity contribution in [3.8, 4) is 11.8 Å². The highest BCUT2D eigenvalue weighted by molar-refractivity contribution is 5.36. The number of benzene rings is 1. The molecule has 1 N–H and O–H groups in total. The third kappa shape index (κ3) is 7.67. The highest BCUT2D eigenvalue weighted by Crippen LogP contribution is 2.28. The first kappa shape index (κ1) is 24.0. The molecule has 1 unspecified atom stereocenters. The van der Waals surface area contributed by atoms with Gasteiger partial charge in [-0.25, -0.2) is 0 Å². The summed E-state index contributed by atoms with van der Waals surface area (Å²) in [4.78, 5) is 9.77. The minimum atomic E-state index is 0.119. The Morgan fingerprint density at radius 1 is 0.970 bits per heavy atom. The number of piperidine rings is 1. The minimum absolute atomic E-state index is 0.119. The third-order valence-electron chi connectivity index (χ3n) is 7.12. The molecular formula is C29H39N3O. The molecule has 2 fully saturated rings. The van der Waals surface area contributed by atoms with Crippen LogP contribution in [0.1, 0.15) is 68.1 Å². The van der Waals surface area contributed by atoms with Crippen LogP contribution in [0, 0.1) is 17.8 Å². The fourth-order valence-corrected chi connectivity index (χ4v) is 5.50. The molecule has 0 radical (unpaired) electrons. The Morgan fingerprint density at radius 3 is 2.55 bits per heavy atom. The normalized spacial score (nSPS) is 19.9. The second kappa shape index (κ2) is 12.9. The van der Waals surface area contributed by atoms with Gasteiger partial charge in [0, 0.05) is 56.6 Å². The van der Waals surface area contributed by atoms with Gasteiger partial charge in [-0.3, -0.25) is 9.88 Å². The SMILES string of the molecule is OCCC#Cc1ccc(CN(Cc2cccnc2)CC2CCCN(C3CCCCC3)C2)cc1. The van der Waals surface area contributed by atoms with Crippen LogP contribution in [0.4, 0.5) is 0 Å². The van der Waals surface area contributed by atoms with E-state index in [9.17, 15) is 0 Å². The van der Waals surface area contributed by atoms with E-state index in [2.05, 4.69) is 57.0 Å². The average molecular weight is 446 g/mol. The van der Waals surface area contributed by atoms with E-state index in [1.165, 1.54) is 69.2 Å². The van der Waals surface area contributed by atoms with Gasteiger partial charge < -0.3 is 10.0 Å². The van der Waals surface area contributed by atoms with E-state index >= 15 is 0 Å². The lowest BCUT2D eigenvalue weighted by molar-refractivity contribution is 0.0771. The number of aliphatic hydroxyl groups is 1. The molecule has 33 heavy (non-hydrogen) atoms. The van der Waals surface area contributed by atoms with Crippen molar-refractivity contribution >= 4 is 0 Å². The van der Waals surface area contributed by atoms with Crippen LogP contribution in [0.15, 0.2) is 48.8 Å². The van der Waals surface area contributed by atoms with Gasteiger partial charge in [-0.05, 0) is 67.5 Å². The second-order valence-electron chi connectivity index (χ2n) is 9.80. The number of likely N-dealkylation sites (tertiary alicyclic amines) is 1. The van der Waals surface area contributed by atoms with Crippen molar-refractivity contribution in [1.82, 2.24) is 14.8 Å². The standard InChI is InChI=1S/C29H39N3O/c33-19-5-4-8-25-13-15-26(16-14-25)21-31(22-27-9-6-17-30-20-27)23-28-10-7-18-32(24-28)29-11-2-1-3-12-29/h6,9,13-17,20,28-29,33H,1-3,5,7,10-12,18-19,21-24H2. The summed E-state index contributed by atoms with van der Waals surface area (Å²) >= 11 is 0. The molecule has 1 aliphatic heterocycles. The summed E-state index contributed by atoms with van der Waals surface area (Å²) in [6.45, 7) is 5.69. The predicted molar refractivity (Wildman–Crippen MR) is 135 cm³/mol. The zero-order valence-electron chi connectivity index (χ0n) is 20.0. The number of rotatable bonds is 8. The fourth-order valence-electron chi connectivity index (χ4n) is 5.50. The fraction of sp³-hybridized carbons (Fsp3) is 0.552. The number of pyridine rings is 1. The van der Waals surface area contributed by atoms with Gasteiger partial charge >= 0.3 is 0 Å². The van der Waals surface area contributed by atoms with Crippen LogP contribution in [0.2, 0.25) is 0 Å². The van der Waals surface area contributed by atoms with Gasteiger partial charge in [0.15, 0.2) is 0 Å². The molecule has 4 nitrogen and oxygen atoms in total. The molecule has 4 rings (SSSR count). The molecule has 1 aromatic carbocycles. The van der Waals surface area contributed by atoms with E-state index in [1.807, 2.05) is 18.5 Å². The molecule has 1 atom stereocenters. The lowest BCUT2D eigenvalue weighted by atomic mass is 9.90. The lowest BCUT2D eigenvalue weighted by Gasteiger charge is -2.41. The van der Waals surface area contributed by atoms with Crippen molar-refractivity contribution in [3.63, 3.8) is 0 Å². The number of aromatic nitrogens is 1. The molecule has 2 heterocycles. The quantitative estimate of drug-likeness (QED) is 0.589. The first-order valence-electron chi connectivity index (χ1n) is 12.8. The van der Waals surface area contributed by atoms with E-state index in [4.69, 9.17) is 5.11 Å². The van der Waals surface area contributed by atoms with E-state index in [0.29, 0.717) is 6.42 Å². The molecule has 4 heteroatoms. The monoisotopic (exact) mass is 445 g/mol. The first-order valence-corrected chi connectivity index (χ1v) is 12.8. The maximum Gasteiger partial charge on any atom is 0.0540 e. The van der Waals surface area contributed by atoms with Crippen LogP contribution in [0.5, 0.6) is 0 Å². The minimum Gasteiger partial charge on any atom is -0.395 e. The third-order valence-corrected chi connectivity index (χ3v) is 7.12. The van der Waals surface area contributed by atoms with Crippen LogP contribution in [-0.4, -0.2) is 52.2 Å². The Hall–Kier alpha value is -2.19. The molecule has 0 amide bonds. The van der Waals surface area contributed by atoms with Gasteiger partial charge in [-0.2, -0.15) is 0 Å². The van der Waals surface area contributed by atoms with Crippen LogP contribution in [-0.2, 0) is 13.1 Å². The largest absolute Gasteiger partial charge is 0.395 e. The van der Waals surface area contributed by atoms with E-state index in [-0.39, 0.29) is 6.61 Å². The van der Waals surface area contributed by atoms with Gasteiger partial charge in [0.05, 0.1) is 6.61 Å². The van der Waals surface area contributed by atoms with E-state index in [1.54, 1.807) is 0 Å². The summed E-state index contributed by atoms with van der Waals surface area (Å²) in [5.41, 5.74) is 3.62. The molecule has 2 aromatic rings. The summed E-state index contributed by atoms with van der Waals surface area (Å²) in [7, 11) is 0. The zero-order valence-corrected chi connectivity index (χ0v) is 20.0. The molecule has 1 aliphatic carbocycles. The maximum atomic E-state index is 8.92. The Morgan fingerprint density at radius 2 is 1.79 bits per heavy atom. The number of nitrogens with zero attached hydrogens (tertiary/aromatic N) is 3. The van der Waals surface area contributed by atoms with Crippen molar-refractivity contribution in [3.05, 3.63) is 65.5 Å². The van der Waals surface area contributed by atoms with Crippen LogP contribution in [0.3, 0.4) is 0 Å². The number of aliphatic hydroxyl groups excluding tert-OH is 1. The van der Waals surface area contributed by atoms with E-state index in [0.717, 1.165) is 37.2 Å². The molecule has 0 spiro atoms. The summed E-state index contributed by atoms with van der Waals surface area (Å²) in [5, 5.41) is 8.92. The highest BCUT2D eigenvalue weighted by atomic mass is 16.2. The molecule has 176 valence electrons. The molecule has 1 saturated carbocycles. The maximum absolute atomic E-state index is 8.92. The number of hydrogen-bond acceptors (Lipinski definition) is 4. The van der Waals surface area contributed by atoms with E-state index < -0.39 is 0 Å². The van der Waals surface area contributed by atoms with Gasteiger partial charge in [0.2, 0.25) is 0 Å². The first-order chi connectivity index (χ1) is 16.3. The van der Waals surface area contributed by atoms with Crippen LogP contribution in [0.25, 0.3) is 0 Å². The van der Waals surface area contributed by atoms with Crippen molar-refractivity contribution in [2.75, 3.05) is 26.2 Å². The average Bonchev–Trinajstić information content (AvgIpc) is 2.87. The Bertz CT molecular complexity index is 881. The zero-order chi connectivity index (χ0) is 22.7. The predicted octanol–water partition coefficient (Wildman–Crippen LogP) is 4.86. The smallest absolute Gasteiger partial charge is 0.0540 e. The summed E-state index contributed by atoms with van der Waals surface area (Å²) in [6.07, 6.45) is 14.1. The lowest BCUT2D eigenvalue weighted by Crippen LogP contribution is -2.46. The van der Waals surface area contributed by atoms with Gasteiger partial charge in [0.25, 0.3) is 0 Å². The molecule has 2 aliphatic rings. The Balaban J connectivity index is 1.40. The van der Waals surface area contributed by atoms with Crippen molar-refractivity contribution < 1.29 is 5.11 Å². The molecule has 1 aromatic heterocycles. The topological polar surface area (TPSA) is 39.6 Å². The van der Waals surface area contributed by atoms with Gasteiger partial charge in [-0.15, -0.1) is 0 Å². The second-order valence-corrected chi connectivity index (χ2v) is 9.80. The molecule has 1 saturated heterocycles. The van der Waals surface area contributed by atoms with Crippen molar-refractivity contribution in [1.29, 1.82) is 0 Å². The van der Waals surface area contributed by atoms with Crippen molar-refractivity contribution in [2.24, 2.45) is 5.92 Å². The Kier molecular flexibility index (Phi) is 9.36. The van der Waals surface area contributed by atoms with Crippen LogP contribution >= 0.6 is 0 Å². The van der Waals surface area contributed by atoms with Crippen molar-refractivity contribution in [2.45, 2.75) is 70.5 Å². The summed E-state index contributed by atoms with van der Waals surface area (Å²) in [5.74, 6) is 6.87. The highest BCUT2D eigenvalue weighted by Gasteiger charge is 2.28. The summed E-state index contributed by atoms with van der Waals surface area (Å²) in [6, 6.07) is 13.7. The summed E-state index contributed by atoms with van der Waals surface area (Å²) < 4.78 is 0. The van der Waals surface area contributed by atoms with Gasteiger partial charge in [0.1, 0.15) is 0 Å². The number of hydrogen-bond donors (Lipinski definition) is 1. The molecular weight excluding hydrogens is 406 g/mol.